The number of para-hydroxylation sites is 1. The molecule has 2 rings (SSSR count). The molecule has 0 bridgehead atoms. The van der Waals surface area contributed by atoms with E-state index < -0.39 is 0 Å². The molecule has 6 nitrogen and oxygen atoms in total. The van der Waals surface area contributed by atoms with Crippen LogP contribution in [0.25, 0.3) is 0 Å². The monoisotopic (exact) mass is 302 g/mol. The molecular weight excluding hydrogens is 280 g/mol. The Morgan fingerprint density at radius 2 is 1.95 bits per heavy atom. The van der Waals surface area contributed by atoms with Crippen molar-refractivity contribution in [2.24, 2.45) is 0 Å². The van der Waals surface area contributed by atoms with Crippen molar-refractivity contribution in [3.63, 3.8) is 0 Å². The second kappa shape index (κ2) is 6.60. The van der Waals surface area contributed by atoms with Crippen LogP contribution in [0.3, 0.4) is 0 Å². The van der Waals surface area contributed by atoms with Crippen molar-refractivity contribution in [3.05, 3.63) is 35.2 Å². The lowest BCUT2D eigenvalue weighted by atomic mass is 10.1. The molecule has 0 radical (unpaired) electrons. The molecule has 0 saturated carbocycles. The van der Waals surface area contributed by atoms with Crippen LogP contribution in [0.4, 0.5) is 11.7 Å². The highest BCUT2D eigenvalue weighted by atomic mass is 16.5. The molecule has 1 aromatic carbocycles. The standard InChI is InChI=1S/C16H22N4O2/c1-10(2)15-18-16(22-19-15)20(5)9-13(21)17-14-11(3)7-6-8-12(14)4/h6-8,10H,9H2,1-5H3,(H,17,21). The maximum atomic E-state index is 12.2. The van der Waals surface area contributed by atoms with Gasteiger partial charge in [-0.15, -0.1) is 0 Å². The second-order valence-corrected chi connectivity index (χ2v) is 5.76. The second-order valence-electron chi connectivity index (χ2n) is 5.76. The van der Waals surface area contributed by atoms with Gasteiger partial charge in [0.15, 0.2) is 5.82 Å². The summed E-state index contributed by atoms with van der Waals surface area (Å²) in [5, 5.41) is 6.84. The third kappa shape index (κ3) is 3.63. The summed E-state index contributed by atoms with van der Waals surface area (Å²) in [5.41, 5.74) is 2.93. The molecule has 0 spiro atoms. The van der Waals surface area contributed by atoms with E-state index in [1.54, 1.807) is 11.9 Å². The third-order valence-corrected chi connectivity index (χ3v) is 3.40. The Morgan fingerprint density at radius 3 is 2.50 bits per heavy atom. The molecule has 1 heterocycles. The van der Waals surface area contributed by atoms with E-state index in [2.05, 4.69) is 15.5 Å². The van der Waals surface area contributed by atoms with E-state index in [-0.39, 0.29) is 18.4 Å². The van der Waals surface area contributed by atoms with Crippen molar-refractivity contribution in [1.82, 2.24) is 10.1 Å². The molecule has 1 aromatic heterocycles. The predicted octanol–water partition coefficient (Wildman–Crippen LogP) is 2.88. The lowest BCUT2D eigenvalue weighted by molar-refractivity contribution is -0.115. The van der Waals surface area contributed by atoms with Gasteiger partial charge in [0.2, 0.25) is 5.91 Å². The molecular formula is C16H22N4O2. The zero-order chi connectivity index (χ0) is 16.3. The van der Waals surface area contributed by atoms with Crippen LogP contribution in [0, 0.1) is 13.8 Å². The van der Waals surface area contributed by atoms with Crippen molar-refractivity contribution < 1.29 is 9.32 Å². The Morgan fingerprint density at radius 1 is 1.32 bits per heavy atom. The molecule has 6 heteroatoms. The fourth-order valence-corrected chi connectivity index (χ4v) is 2.09. The molecule has 0 saturated heterocycles. The minimum atomic E-state index is -0.121. The predicted molar refractivity (Wildman–Crippen MR) is 86.2 cm³/mol. The van der Waals surface area contributed by atoms with Crippen molar-refractivity contribution in [3.8, 4) is 0 Å². The van der Waals surface area contributed by atoms with Gasteiger partial charge in [-0.05, 0) is 25.0 Å². The number of likely N-dealkylation sites (N-methyl/N-ethyl adjacent to an activating group) is 1. The summed E-state index contributed by atoms with van der Waals surface area (Å²) in [6, 6.07) is 6.26. The normalized spacial score (nSPS) is 10.8. The van der Waals surface area contributed by atoms with Gasteiger partial charge in [0.1, 0.15) is 6.54 Å². The summed E-state index contributed by atoms with van der Waals surface area (Å²) in [4.78, 5) is 18.1. The number of anilines is 2. The number of hydrogen-bond acceptors (Lipinski definition) is 5. The van der Waals surface area contributed by atoms with Crippen LogP contribution in [0.5, 0.6) is 0 Å². The van der Waals surface area contributed by atoms with E-state index >= 15 is 0 Å². The number of carbonyl (C=O) groups excluding carboxylic acids is 1. The summed E-state index contributed by atoms with van der Waals surface area (Å²) < 4.78 is 5.17. The van der Waals surface area contributed by atoms with Crippen LogP contribution < -0.4 is 10.2 Å². The number of aromatic nitrogens is 2. The maximum Gasteiger partial charge on any atom is 0.324 e. The minimum absolute atomic E-state index is 0.121. The molecule has 1 amide bonds. The highest BCUT2D eigenvalue weighted by Gasteiger charge is 2.16. The van der Waals surface area contributed by atoms with Gasteiger partial charge in [-0.2, -0.15) is 4.98 Å². The van der Waals surface area contributed by atoms with E-state index in [1.165, 1.54) is 0 Å². The van der Waals surface area contributed by atoms with Crippen LogP contribution in [-0.2, 0) is 4.79 Å². The average molecular weight is 302 g/mol. The first-order chi connectivity index (χ1) is 10.4. The quantitative estimate of drug-likeness (QED) is 0.919. The largest absolute Gasteiger partial charge is 0.324 e. The SMILES string of the molecule is Cc1cccc(C)c1NC(=O)CN(C)c1nc(C(C)C)no1. The van der Waals surface area contributed by atoms with E-state index in [9.17, 15) is 4.79 Å². The molecule has 0 unspecified atom stereocenters. The van der Waals surface area contributed by atoms with Crippen molar-refractivity contribution in [1.29, 1.82) is 0 Å². The molecule has 0 aliphatic carbocycles. The van der Waals surface area contributed by atoms with Crippen LogP contribution in [0.1, 0.15) is 36.7 Å². The highest BCUT2D eigenvalue weighted by Crippen LogP contribution is 2.20. The van der Waals surface area contributed by atoms with Gasteiger partial charge >= 0.3 is 6.01 Å². The van der Waals surface area contributed by atoms with Gasteiger partial charge in [0, 0.05) is 18.7 Å². The summed E-state index contributed by atoms with van der Waals surface area (Å²) >= 11 is 0. The van der Waals surface area contributed by atoms with Gasteiger partial charge in [-0.25, -0.2) is 0 Å². The van der Waals surface area contributed by atoms with E-state index in [0.717, 1.165) is 16.8 Å². The number of nitrogens with zero attached hydrogens (tertiary/aromatic N) is 3. The van der Waals surface area contributed by atoms with Gasteiger partial charge < -0.3 is 14.7 Å². The topological polar surface area (TPSA) is 71.3 Å². The first-order valence-corrected chi connectivity index (χ1v) is 7.29. The van der Waals surface area contributed by atoms with E-state index in [4.69, 9.17) is 4.52 Å². The number of rotatable bonds is 5. The van der Waals surface area contributed by atoms with Crippen LogP contribution in [0.15, 0.2) is 22.7 Å². The van der Waals surface area contributed by atoms with Crippen molar-refractivity contribution in [2.45, 2.75) is 33.6 Å². The van der Waals surface area contributed by atoms with Crippen LogP contribution >= 0.6 is 0 Å². The van der Waals surface area contributed by atoms with E-state index in [0.29, 0.717) is 11.8 Å². The average Bonchev–Trinajstić information content (AvgIpc) is 2.93. The number of nitrogens with one attached hydrogen (secondary N) is 1. The third-order valence-electron chi connectivity index (χ3n) is 3.40. The highest BCUT2D eigenvalue weighted by molar-refractivity contribution is 5.95. The first kappa shape index (κ1) is 16.0. The van der Waals surface area contributed by atoms with E-state index in [1.807, 2.05) is 45.9 Å². The maximum absolute atomic E-state index is 12.2. The molecule has 1 N–H and O–H groups in total. The zero-order valence-corrected chi connectivity index (χ0v) is 13.7. The van der Waals surface area contributed by atoms with Gasteiger partial charge in [0.05, 0.1) is 0 Å². The Kier molecular flexibility index (Phi) is 4.80. The molecule has 0 aliphatic heterocycles. The Bertz CT molecular complexity index is 644. The fourth-order valence-electron chi connectivity index (χ4n) is 2.09. The zero-order valence-electron chi connectivity index (χ0n) is 13.7. The Hall–Kier alpha value is -2.37. The Balaban J connectivity index is 2.02. The number of carbonyl (C=O) groups is 1. The summed E-state index contributed by atoms with van der Waals surface area (Å²) in [5.74, 6) is 0.704. The van der Waals surface area contributed by atoms with Crippen LogP contribution in [0.2, 0.25) is 0 Å². The lowest BCUT2D eigenvalue weighted by Crippen LogP contribution is -2.30. The smallest absolute Gasteiger partial charge is 0.324 e. The fraction of sp³-hybridized carbons (Fsp3) is 0.438. The summed E-state index contributed by atoms with van der Waals surface area (Å²) in [7, 11) is 1.75. The molecule has 0 aliphatic rings. The van der Waals surface area contributed by atoms with Gasteiger partial charge in [-0.3, -0.25) is 4.79 Å². The molecule has 2 aromatic rings. The molecule has 0 atom stereocenters. The molecule has 22 heavy (non-hydrogen) atoms. The lowest BCUT2D eigenvalue weighted by Gasteiger charge is -2.15. The summed E-state index contributed by atoms with van der Waals surface area (Å²) in [6.45, 7) is 8.07. The van der Waals surface area contributed by atoms with Crippen LogP contribution in [-0.4, -0.2) is 29.6 Å². The first-order valence-electron chi connectivity index (χ1n) is 7.29. The van der Waals surface area contributed by atoms with Gasteiger partial charge in [-0.1, -0.05) is 37.2 Å². The van der Waals surface area contributed by atoms with Gasteiger partial charge in [0.25, 0.3) is 0 Å². The number of aryl methyl sites for hydroxylation is 2. The molecule has 0 fully saturated rings. The van der Waals surface area contributed by atoms with Crippen molar-refractivity contribution in [2.75, 3.05) is 23.8 Å². The molecule has 118 valence electrons. The minimum Gasteiger partial charge on any atom is -0.324 e. The summed E-state index contributed by atoms with van der Waals surface area (Å²) in [6.07, 6.45) is 0. The number of hydrogen-bond donors (Lipinski definition) is 1. The van der Waals surface area contributed by atoms with Crippen molar-refractivity contribution >= 4 is 17.6 Å². The Labute approximate surface area is 130 Å². The number of amides is 1. The number of benzene rings is 1.